The molecule has 1 amide bonds. The SMILES string of the molecule is CC1(C)Oc2cc3oc(=O)ccc3cc2[C@@H](NC(=O)CCn2ccnc2)[C@@H]1O. The van der Waals surface area contributed by atoms with Gasteiger partial charge in [0.05, 0.1) is 12.4 Å². The van der Waals surface area contributed by atoms with Gasteiger partial charge in [-0.15, -0.1) is 0 Å². The van der Waals surface area contributed by atoms with Gasteiger partial charge in [0.25, 0.3) is 0 Å². The van der Waals surface area contributed by atoms with Crippen molar-refractivity contribution in [2.45, 2.75) is 44.6 Å². The molecule has 3 heterocycles. The van der Waals surface area contributed by atoms with Gasteiger partial charge in [0.2, 0.25) is 5.91 Å². The van der Waals surface area contributed by atoms with E-state index in [1.807, 2.05) is 4.57 Å². The molecule has 0 saturated heterocycles. The van der Waals surface area contributed by atoms with Crippen molar-refractivity contribution in [1.82, 2.24) is 14.9 Å². The Labute approximate surface area is 160 Å². The molecular weight excluding hydrogens is 362 g/mol. The molecular formula is C20H21N3O5. The Balaban J connectivity index is 1.65. The Bertz CT molecular complexity index is 1070. The van der Waals surface area contributed by atoms with E-state index >= 15 is 0 Å². The van der Waals surface area contributed by atoms with Crippen LogP contribution in [0, 0.1) is 0 Å². The van der Waals surface area contributed by atoms with Gasteiger partial charge >= 0.3 is 5.63 Å². The van der Waals surface area contributed by atoms with E-state index in [-0.39, 0.29) is 12.3 Å². The molecule has 0 unspecified atom stereocenters. The number of imidazole rings is 1. The van der Waals surface area contributed by atoms with Gasteiger partial charge in [-0.1, -0.05) is 0 Å². The average molecular weight is 383 g/mol. The number of aromatic nitrogens is 2. The standard InChI is InChI=1S/C20H21N3O5/c1-20(2)19(26)18(22-16(24)5-7-23-8-6-21-11-23)13-9-12-3-4-17(25)27-14(12)10-15(13)28-20/h3-4,6,8-11,18-19,26H,5,7H2,1-2H3,(H,22,24)/t18-,19+/m1/s1. The number of carbonyl (C=O) groups excluding carboxylic acids is 1. The largest absolute Gasteiger partial charge is 0.485 e. The van der Waals surface area contributed by atoms with Crippen LogP contribution in [0.15, 0.2) is 52.2 Å². The summed E-state index contributed by atoms with van der Waals surface area (Å²) >= 11 is 0. The maximum absolute atomic E-state index is 12.5. The van der Waals surface area contributed by atoms with Gasteiger partial charge in [0.15, 0.2) is 0 Å². The van der Waals surface area contributed by atoms with Crippen LogP contribution in [0.5, 0.6) is 5.75 Å². The zero-order valence-corrected chi connectivity index (χ0v) is 15.6. The van der Waals surface area contributed by atoms with Crippen LogP contribution in [-0.2, 0) is 11.3 Å². The summed E-state index contributed by atoms with van der Waals surface area (Å²) in [5.41, 5.74) is -0.349. The van der Waals surface area contributed by atoms with Crippen molar-refractivity contribution < 1.29 is 19.1 Å². The summed E-state index contributed by atoms with van der Waals surface area (Å²) < 4.78 is 13.0. The molecule has 2 aromatic heterocycles. The Morgan fingerprint density at radius 3 is 2.93 bits per heavy atom. The third kappa shape index (κ3) is 3.38. The molecule has 8 heteroatoms. The van der Waals surface area contributed by atoms with Crippen molar-refractivity contribution >= 4 is 16.9 Å². The first-order chi connectivity index (χ1) is 13.3. The minimum absolute atomic E-state index is 0.193. The molecule has 0 saturated carbocycles. The minimum Gasteiger partial charge on any atom is -0.485 e. The number of rotatable bonds is 4. The van der Waals surface area contributed by atoms with E-state index in [2.05, 4.69) is 10.3 Å². The number of hydrogen-bond donors (Lipinski definition) is 2. The number of fused-ring (bicyclic) bond motifs is 2. The third-order valence-electron chi connectivity index (χ3n) is 4.96. The number of aliphatic hydroxyl groups excluding tert-OH is 1. The van der Waals surface area contributed by atoms with Crippen molar-refractivity contribution in [3.05, 3.63) is 59.0 Å². The second kappa shape index (κ2) is 6.79. The lowest BCUT2D eigenvalue weighted by Crippen LogP contribution is -2.53. The van der Waals surface area contributed by atoms with Gasteiger partial charge in [0.1, 0.15) is 23.0 Å². The number of nitrogens with one attached hydrogen (secondary N) is 1. The number of nitrogens with zero attached hydrogens (tertiary/aromatic N) is 2. The zero-order chi connectivity index (χ0) is 19.9. The van der Waals surface area contributed by atoms with Crippen molar-refractivity contribution in [2.75, 3.05) is 0 Å². The van der Waals surface area contributed by atoms with Crippen LogP contribution in [0.25, 0.3) is 11.0 Å². The van der Waals surface area contributed by atoms with Crippen molar-refractivity contribution in [2.24, 2.45) is 0 Å². The molecule has 0 spiro atoms. The van der Waals surface area contributed by atoms with Crippen LogP contribution in [0.2, 0.25) is 0 Å². The molecule has 1 aromatic carbocycles. The average Bonchev–Trinajstić information content (AvgIpc) is 3.16. The zero-order valence-electron chi connectivity index (χ0n) is 15.6. The molecule has 0 bridgehead atoms. The van der Waals surface area contributed by atoms with Crippen LogP contribution in [0.4, 0.5) is 0 Å². The molecule has 146 valence electrons. The van der Waals surface area contributed by atoms with Crippen LogP contribution < -0.4 is 15.7 Å². The fourth-order valence-corrected chi connectivity index (χ4v) is 3.41. The summed E-state index contributed by atoms with van der Waals surface area (Å²) in [7, 11) is 0. The van der Waals surface area contributed by atoms with Gasteiger partial charge < -0.3 is 24.1 Å². The molecule has 3 aromatic rings. The molecule has 0 fully saturated rings. The molecule has 28 heavy (non-hydrogen) atoms. The lowest BCUT2D eigenvalue weighted by molar-refractivity contribution is -0.125. The normalized spacial score (nSPS) is 20.4. The Kier molecular flexibility index (Phi) is 4.43. The molecule has 2 N–H and O–H groups in total. The third-order valence-corrected chi connectivity index (χ3v) is 4.96. The highest BCUT2D eigenvalue weighted by atomic mass is 16.5. The lowest BCUT2D eigenvalue weighted by Gasteiger charge is -2.42. The number of benzene rings is 1. The molecule has 1 aliphatic heterocycles. The van der Waals surface area contributed by atoms with E-state index < -0.39 is 23.4 Å². The minimum atomic E-state index is -0.953. The van der Waals surface area contributed by atoms with Crippen molar-refractivity contribution in [3.8, 4) is 5.75 Å². The summed E-state index contributed by atoms with van der Waals surface area (Å²) in [4.78, 5) is 28.0. The number of carbonyl (C=O) groups is 1. The summed E-state index contributed by atoms with van der Waals surface area (Å²) in [6.45, 7) is 3.98. The first kappa shape index (κ1) is 18.2. The first-order valence-corrected chi connectivity index (χ1v) is 9.03. The quantitative estimate of drug-likeness (QED) is 0.665. The van der Waals surface area contributed by atoms with Gasteiger partial charge in [-0.05, 0) is 26.0 Å². The van der Waals surface area contributed by atoms with Crippen LogP contribution in [0.3, 0.4) is 0 Å². The first-order valence-electron chi connectivity index (χ1n) is 9.03. The number of hydrogen-bond acceptors (Lipinski definition) is 6. The van der Waals surface area contributed by atoms with Gasteiger partial charge in [0, 0.05) is 48.4 Å². The van der Waals surface area contributed by atoms with Gasteiger partial charge in [-0.3, -0.25) is 4.79 Å². The Morgan fingerprint density at radius 2 is 2.18 bits per heavy atom. The molecule has 0 aliphatic carbocycles. The second-order valence-corrected chi connectivity index (χ2v) is 7.43. The molecule has 2 atom stereocenters. The second-order valence-electron chi connectivity index (χ2n) is 7.43. The van der Waals surface area contributed by atoms with E-state index in [1.165, 1.54) is 6.07 Å². The van der Waals surface area contributed by atoms with Crippen LogP contribution in [0.1, 0.15) is 31.9 Å². The summed E-state index contributed by atoms with van der Waals surface area (Å²) in [5, 5.41) is 14.4. The highest BCUT2D eigenvalue weighted by molar-refractivity contribution is 5.81. The van der Waals surface area contributed by atoms with E-state index in [1.54, 1.807) is 50.8 Å². The highest BCUT2D eigenvalue weighted by Crippen LogP contribution is 2.41. The number of ether oxygens (including phenoxy) is 1. The van der Waals surface area contributed by atoms with E-state index in [0.29, 0.717) is 28.8 Å². The van der Waals surface area contributed by atoms with Crippen LogP contribution in [-0.4, -0.2) is 32.3 Å². The topological polar surface area (TPSA) is 107 Å². The van der Waals surface area contributed by atoms with Gasteiger partial charge in [-0.2, -0.15) is 0 Å². The Hall–Kier alpha value is -3.13. The molecule has 1 aliphatic rings. The predicted molar refractivity (Wildman–Crippen MR) is 101 cm³/mol. The highest BCUT2D eigenvalue weighted by Gasteiger charge is 2.43. The summed E-state index contributed by atoms with van der Waals surface area (Å²) in [6.07, 6.45) is 4.38. The Morgan fingerprint density at radius 1 is 1.36 bits per heavy atom. The molecule has 8 nitrogen and oxygen atoms in total. The molecule has 0 radical (unpaired) electrons. The fourth-order valence-electron chi connectivity index (χ4n) is 3.41. The number of aliphatic hydroxyl groups is 1. The van der Waals surface area contributed by atoms with E-state index in [4.69, 9.17) is 9.15 Å². The predicted octanol–water partition coefficient (Wildman–Crippen LogP) is 1.77. The summed E-state index contributed by atoms with van der Waals surface area (Å²) in [6, 6.07) is 5.73. The maximum Gasteiger partial charge on any atom is 0.336 e. The lowest BCUT2D eigenvalue weighted by atomic mass is 9.86. The number of amides is 1. The summed E-state index contributed by atoms with van der Waals surface area (Å²) in [5.74, 6) is 0.276. The fraction of sp³-hybridized carbons (Fsp3) is 0.350. The van der Waals surface area contributed by atoms with E-state index in [9.17, 15) is 14.7 Å². The maximum atomic E-state index is 12.5. The van der Waals surface area contributed by atoms with Gasteiger partial charge in [-0.25, -0.2) is 9.78 Å². The van der Waals surface area contributed by atoms with Crippen LogP contribution >= 0.6 is 0 Å². The van der Waals surface area contributed by atoms with E-state index in [0.717, 1.165) is 0 Å². The molecule has 4 rings (SSSR count). The van der Waals surface area contributed by atoms with Crippen molar-refractivity contribution in [1.29, 1.82) is 0 Å². The smallest absolute Gasteiger partial charge is 0.336 e. The monoisotopic (exact) mass is 383 g/mol. The van der Waals surface area contributed by atoms with Crippen molar-refractivity contribution in [3.63, 3.8) is 0 Å². The number of aryl methyl sites for hydroxylation is 1.